The number of hydrogen-bond donors (Lipinski definition) is 0. The summed E-state index contributed by atoms with van der Waals surface area (Å²) in [5.41, 5.74) is 2.32. The van der Waals surface area contributed by atoms with Crippen LogP contribution in [0.15, 0.2) is 11.3 Å². The van der Waals surface area contributed by atoms with E-state index in [0.29, 0.717) is 0 Å². The Morgan fingerprint density at radius 1 is 1.46 bits per heavy atom. The number of hydrogen-bond acceptors (Lipinski definition) is 2. The molecule has 72 valence electrons. The Balaban J connectivity index is 2.28. The van der Waals surface area contributed by atoms with E-state index in [1.54, 1.807) is 6.92 Å². The van der Waals surface area contributed by atoms with Crippen LogP contribution in [0.4, 0.5) is 0 Å². The molecule has 0 saturated carbocycles. The van der Waals surface area contributed by atoms with Gasteiger partial charge >= 0.3 is 0 Å². The number of ketones is 1. The van der Waals surface area contributed by atoms with E-state index in [4.69, 9.17) is 0 Å². The maximum absolute atomic E-state index is 11.3. The standard InChI is InChI=1S/C11H17NO/c1-8-11(9(2)13)6-5-10-4-3-7-12(8)10/h10H,3-7H2,1-2H3. The molecule has 0 aromatic carbocycles. The van der Waals surface area contributed by atoms with Gasteiger partial charge in [0.1, 0.15) is 0 Å². The minimum atomic E-state index is 0.267. The molecule has 2 nitrogen and oxygen atoms in total. The molecule has 0 aliphatic carbocycles. The predicted octanol–water partition coefficient (Wildman–Crippen LogP) is 2.11. The molecule has 1 saturated heterocycles. The zero-order valence-corrected chi connectivity index (χ0v) is 8.47. The Labute approximate surface area is 79.6 Å². The van der Waals surface area contributed by atoms with Crippen LogP contribution in [-0.2, 0) is 4.79 Å². The molecule has 2 heteroatoms. The van der Waals surface area contributed by atoms with E-state index in [2.05, 4.69) is 11.8 Å². The lowest BCUT2D eigenvalue weighted by Crippen LogP contribution is -2.33. The molecule has 0 aromatic rings. The molecule has 0 bridgehead atoms. The maximum Gasteiger partial charge on any atom is 0.157 e. The first-order valence-electron chi connectivity index (χ1n) is 5.17. The summed E-state index contributed by atoms with van der Waals surface area (Å²) in [5.74, 6) is 0.267. The first kappa shape index (κ1) is 8.79. The van der Waals surface area contributed by atoms with Crippen LogP contribution in [0.1, 0.15) is 39.5 Å². The Morgan fingerprint density at radius 3 is 2.92 bits per heavy atom. The van der Waals surface area contributed by atoms with Crippen LogP contribution in [0, 0.1) is 0 Å². The summed E-state index contributed by atoms with van der Waals surface area (Å²) in [7, 11) is 0. The van der Waals surface area contributed by atoms with Crippen molar-refractivity contribution in [2.24, 2.45) is 0 Å². The Hall–Kier alpha value is -0.790. The van der Waals surface area contributed by atoms with Gasteiger partial charge in [-0.25, -0.2) is 0 Å². The third kappa shape index (κ3) is 1.38. The molecule has 0 amide bonds. The Kier molecular flexibility index (Phi) is 2.14. The van der Waals surface area contributed by atoms with Crippen molar-refractivity contribution in [2.45, 2.75) is 45.6 Å². The van der Waals surface area contributed by atoms with E-state index < -0.39 is 0 Å². The molecular formula is C11H17NO. The molecule has 1 unspecified atom stereocenters. The minimum Gasteiger partial charge on any atom is -0.372 e. The summed E-state index contributed by atoms with van der Waals surface area (Å²) < 4.78 is 0. The van der Waals surface area contributed by atoms with E-state index >= 15 is 0 Å². The lowest BCUT2D eigenvalue weighted by molar-refractivity contribution is -0.114. The molecule has 0 spiro atoms. The van der Waals surface area contributed by atoms with Gasteiger partial charge in [-0.1, -0.05) is 0 Å². The lowest BCUT2D eigenvalue weighted by atomic mass is 9.95. The molecule has 1 fully saturated rings. The van der Waals surface area contributed by atoms with Crippen LogP contribution in [-0.4, -0.2) is 23.3 Å². The summed E-state index contributed by atoms with van der Waals surface area (Å²) in [6, 6.07) is 0.739. The van der Waals surface area contributed by atoms with Crippen molar-refractivity contribution in [1.29, 1.82) is 0 Å². The first-order chi connectivity index (χ1) is 6.20. The van der Waals surface area contributed by atoms with Gasteiger partial charge in [0.15, 0.2) is 5.78 Å². The molecule has 0 aromatic heterocycles. The molecule has 0 radical (unpaired) electrons. The lowest BCUT2D eigenvalue weighted by Gasteiger charge is -2.33. The van der Waals surface area contributed by atoms with Gasteiger partial charge < -0.3 is 4.90 Å². The van der Waals surface area contributed by atoms with Crippen molar-refractivity contribution in [3.63, 3.8) is 0 Å². The van der Waals surface area contributed by atoms with Crippen LogP contribution >= 0.6 is 0 Å². The van der Waals surface area contributed by atoms with E-state index in [-0.39, 0.29) is 5.78 Å². The van der Waals surface area contributed by atoms with Crippen molar-refractivity contribution in [1.82, 2.24) is 4.90 Å². The molecule has 2 aliphatic heterocycles. The maximum atomic E-state index is 11.3. The van der Waals surface area contributed by atoms with Crippen molar-refractivity contribution < 1.29 is 4.79 Å². The van der Waals surface area contributed by atoms with E-state index in [9.17, 15) is 4.79 Å². The summed E-state index contributed by atoms with van der Waals surface area (Å²) in [5, 5.41) is 0. The van der Waals surface area contributed by atoms with E-state index in [1.807, 2.05) is 0 Å². The predicted molar refractivity (Wildman–Crippen MR) is 52.3 cm³/mol. The topological polar surface area (TPSA) is 20.3 Å². The Bertz CT molecular complexity index is 267. The minimum absolute atomic E-state index is 0.267. The number of allylic oxidation sites excluding steroid dienone is 2. The van der Waals surface area contributed by atoms with Gasteiger partial charge in [0.2, 0.25) is 0 Å². The summed E-state index contributed by atoms with van der Waals surface area (Å²) >= 11 is 0. The second-order valence-corrected chi connectivity index (χ2v) is 4.15. The molecule has 2 rings (SSSR count). The number of carbonyl (C=O) groups is 1. The monoisotopic (exact) mass is 179 g/mol. The third-order valence-corrected chi connectivity index (χ3v) is 3.40. The summed E-state index contributed by atoms with van der Waals surface area (Å²) in [6.07, 6.45) is 4.81. The van der Waals surface area contributed by atoms with Gasteiger partial charge in [0.25, 0.3) is 0 Å². The fraction of sp³-hybridized carbons (Fsp3) is 0.727. The van der Waals surface area contributed by atoms with Crippen LogP contribution < -0.4 is 0 Å². The quantitative estimate of drug-likeness (QED) is 0.614. The van der Waals surface area contributed by atoms with Crippen LogP contribution in [0.25, 0.3) is 0 Å². The van der Waals surface area contributed by atoms with Gasteiger partial charge in [-0.05, 0) is 39.5 Å². The molecule has 13 heavy (non-hydrogen) atoms. The Morgan fingerprint density at radius 2 is 2.23 bits per heavy atom. The largest absolute Gasteiger partial charge is 0.372 e. The fourth-order valence-electron chi connectivity index (χ4n) is 2.67. The number of fused-ring (bicyclic) bond motifs is 1. The highest BCUT2D eigenvalue weighted by Gasteiger charge is 2.30. The van der Waals surface area contributed by atoms with Gasteiger partial charge in [0.05, 0.1) is 0 Å². The number of Topliss-reactive ketones (excluding diaryl/α,β-unsaturated/α-hetero) is 1. The number of carbonyl (C=O) groups excluding carboxylic acids is 1. The van der Waals surface area contributed by atoms with Crippen molar-refractivity contribution in [2.75, 3.05) is 6.54 Å². The third-order valence-electron chi connectivity index (χ3n) is 3.40. The van der Waals surface area contributed by atoms with Crippen molar-refractivity contribution in [3.8, 4) is 0 Å². The van der Waals surface area contributed by atoms with Gasteiger partial charge in [-0.15, -0.1) is 0 Å². The second kappa shape index (κ2) is 3.17. The zero-order valence-electron chi connectivity index (χ0n) is 8.47. The highest BCUT2D eigenvalue weighted by atomic mass is 16.1. The van der Waals surface area contributed by atoms with Crippen molar-refractivity contribution in [3.05, 3.63) is 11.3 Å². The summed E-state index contributed by atoms with van der Waals surface area (Å²) in [4.78, 5) is 13.7. The van der Waals surface area contributed by atoms with Gasteiger partial charge in [-0.2, -0.15) is 0 Å². The fourth-order valence-corrected chi connectivity index (χ4v) is 2.67. The zero-order chi connectivity index (χ0) is 9.42. The van der Waals surface area contributed by atoms with Crippen LogP contribution in [0.5, 0.6) is 0 Å². The molecule has 0 N–H and O–H groups in total. The average molecular weight is 179 g/mol. The molecule has 2 aliphatic rings. The van der Waals surface area contributed by atoms with E-state index in [1.165, 1.54) is 25.0 Å². The first-order valence-corrected chi connectivity index (χ1v) is 5.17. The van der Waals surface area contributed by atoms with Crippen LogP contribution in [0.3, 0.4) is 0 Å². The SMILES string of the molecule is CC(=O)C1=C(C)N2CCCC2CC1. The van der Waals surface area contributed by atoms with Crippen LogP contribution in [0.2, 0.25) is 0 Å². The molecule has 2 heterocycles. The van der Waals surface area contributed by atoms with Crippen molar-refractivity contribution >= 4 is 5.78 Å². The second-order valence-electron chi connectivity index (χ2n) is 4.15. The van der Waals surface area contributed by atoms with E-state index in [0.717, 1.165) is 24.6 Å². The van der Waals surface area contributed by atoms with Gasteiger partial charge in [0, 0.05) is 23.9 Å². The van der Waals surface area contributed by atoms with Gasteiger partial charge in [-0.3, -0.25) is 4.79 Å². The highest BCUT2D eigenvalue weighted by Crippen LogP contribution is 2.33. The molecule has 1 atom stereocenters. The average Bonchev–Trinajstić information content (AvgIpc) is 2.52. The highest BCUT2D eigenvalue weighted by molar-refractivity contribution is 5.94. The number of rotatable bonds is 1. The number of nitrogens with zero attached hydrogens (tertiary/aromatic N) is 1. The molecular weight excluding hydrogens is 162 g/mol. The smallest absolute Gasteiger partial charge is 0.157 e. The normalized spacial score (nSPS) is 27.8. The summed E-state index contributed by atoms with van der Waals surface area (Å²) in [6.45, 7) is 4.96.